The molecule has 0 unspecified atom stereocenters. The van der Waals surface area contributed by atoms with Crippen molar-refractivity contribution in [3.63, 3.8) is 0 Å². The first-order valence-corrected chi connectivity index (χ1v) is 5.49. The van der Waals surface area contributed by atoms with Crippen molar-refractivity contribution in [3.05, 3.63) is 0 Å². The van der Waals surface area contributed by atoms with E-state index in [1.165, 1.54) is 0 Å². The molecule has 0 rings (SSSR count). The monoisotopic (exact) mass is 229 g/mol. The van der Waals surface area contributed by atoms with Gasteiger partial charge < -0.3 is 10.6 Å². The fourth-order valence-corrected chi connectivity index (χ4v) is 1.20. The average molecular weight is 229 g/mol. The van der Waals surface area contributed by atoms with Crippen LogP contribution in [0.3, 0.4) is 0 Å². The Morgan fingerprint density at radius 1 is 1.06 bits per heavy atom. The van der Waals surface area contributed by atoms with Crippen LogP contribution >= 0.6 is 0 Å². The van der Waals surface area contributed by atoms with Gasteiger partial charge in [0, 0.05) is 7.05 Å². The molecule has 5 heteroatoms. The molecule has 0 radical (unpaired) electrons. The first kappa shape index (κ1) is 14.9. The van der Waals surface area contributed by atoms with Crippen LogP contribution in [0.15, 0.2) is 0 Å². The number of carbonyl (C=O) groups excluding carboxylic acids is 2. The summed E-state index contributed by atoms with van der Waals surface area (Å²) in [6.07, 6.45) is 0. The molecule has 2 atom stereocenters. The molecule has 0 aliphatic rings. The molecular weight excluding hydrogens is 206 g/mol. The van der Waals surface area contributed by atoms with Gasteiger partial charge in [-0.3, -0.25) is 14.5 Å². The maximum absolute atomic E-state index is 11.8. The molecule has 2 amide bonds. The van der Waals surface area contributed by atoms with Crippen molar-refractivity contribution < 1.29 is 9.59 Å². The summed E-state index contributed by atoms with van der Waals surface area (Å²) < 4.78 is 0. The molecule has 0 heterocycles. The predicted octanol–water partition coefficient (Wildman–Crippen LogP) is -0.177. The van der Waals surface area contributed by atoms with Crippen LogP contribution in [0, 0.1) is 5.92 Å². The van der Waals surface area contributed by atoms with E-state index in [9.17, 15) is 9.59 Å². The molecule has 0 fully saturated rings. The lowest BCUT2D eigenvalue weighted by Gasteiger charge is -2.25. The first-order chi connectivity index (χ1) is 7.31. The summed E-state index contributed by atoms with van der Waals surface area (Å²) in [5.41, 5.74) is 0. The summed E-state index contributed by atoms with van der Waals surface area (Å²) in [6.45, 7) is 5.61. The molecule has 94 valence electrons. The highest BCUT2D eigenvalue weighted by atomic mass is 16.2. The van der Waals surface area contributed by atoms with E-state index >= 15 is 0 Å². The van der Waals surface area contributed by atoms with Crippen molar-refractivity contribution in [1.29, 1.82) is 0 Å². The highest BCUT2D eigenvalue weighted by Gasteiger charge is 2.25. The predicted molar refractivity (Wildman–Crippen MR) is 64.0 cm³/mol. The van der Waals surface area contributed by atoms with E-state index in [2.05, 4.69) is 10.6 Å². The lowest BCUT2D eigenvalue weighted by molar-refractivity contribution is -0.131. The summed E-state index contributed by atoms with van der Waals surface area (Å²) in [7, 11) is 5.22. The Labute approximate surface area is 97.6 Å². The highest BCUT2D eigenvalue weighted by Crippen LogP contribution is 2.03. The van der Waals surface area contributed by atoms with Gasteiger partial charge in [0.2, 0.25) is 11.8 Å². The number of likely N-dealkylation sites (N-methyl/N-ethyl adjacent to an activating group) is 2. The Balaban J connectivity index is 4.53. The van der Waals surface area contributed by atoms with Crippen molar-refractivity contribution in [2.45, 2.75) is 32.9 Å². The summed E-state index contributed by atoms with van der Waals surface area (Å²) in [4.78, 5) is 25.1. The minimum absolute atomic E-state index is 0.0678. The number of nitrogens with one attached hydrogen (secondary N) is 2. The van der Waals surface area contributed by atoms with E-state index in [0.29, 0.717) is 0 Å². The fraction of sp³-hybridized carbons (Fsp3) is 0.818. The van der Waals surface area contributed by atoms with E-state index in [1.807, 2.05) is 27.9 Å². The Morgan fingerprint density at radius 2 is 1.56 bits per heavy atom. The van der Waals surface area contributed by atoms with Gasteiger partial charge in [0.05, 0.1) is 6.04 Å². The molecular formula is C11H23N3O2. The zero-order valence-corrected chi connectivity index (χ0v) is 11.0. The van der Waals surface area contributed by atoms with Crippen LogP contribution in [-0.2, 0) is 9.59 Å². The van der Waals surface area contributed by atoms with E-state index in [1.54, 1.807) is 18.9 Å². The normalized spacial score (nSPS) is 14.8. The number of hydrogen-bond acceptors (Lipinski definition) is 3. The minimum Gasteiger partial charge on any atom is -0.357 e. The molecule has 0 aromatic rings. The standard InChI is InChI=1S/C11H23N3O2/c1-7(2)9(11(16)12-4)13-10(15)8(3)14(5)6/h7-9H,1-6H3,(H,12,16)(H,13,15)/t8-,9+/m1/s1. The molecule has 2 N–H and O–H groups in total. The molecule has 0 bridgehead atoms. The Hall–Kier alpha value is -1.10. The number of amides is 2. The third-order valence-electron chi connectivity index (χ3n) is 2.65. The molecule has 0 aliphatic heterocycles. The number of nitrogens with zero attached hydrogens (tertiary/aromatic N) is 1. The zero-order valence-electron chi connectivity index (χ0n) is 11.0. The third kappa shape index (κ3) is 4.18. The SMILES string of the molecule is CNC(=O)[C@@H](NC(=O)[C@@H](C)N(C)C)C(C)C. The van der Waals surface area contributed by atoms with Crippen LogP contribution in [-0.4, -0.2) is 49.9 Å². The summed E-state index contributed by atoms with van der Waals surface area (Å²) >= 11 is 0. The molecule has 0 spiro atoms. The number of hydrogen-bond donors (Lipinski definition) is 2. The summed E-state index contributed by atoms with van der Waals surface area (Å²) in [5.74, 6) is -0.222. The van der Waals surface area contributed by atoms with Gasteiger partial charge >= 0.3 is 0 Å². The maximum atomic E-state index is 11.8. The van der Waals surface area contributed by atoms with Crippen LogP contribution in [0.4, 0.5) is 0 Å². The number of rotatable bonds is 5. The van der Waals surface area contributed by atoms with E-state index in [4.69, 9.17) is 0 Å². The van der Waals surface area contributed by atoms with Crippen LogP contribution in [0.5, 0.6) is 0 Å². The Morgan fingerprint density at radius 3 is 1.88 bits per heavy atom. The second kappa shape index (κ2) is 6.48. The van der Waals surface area contributed by atoms with Gasteiger partial charge in [0.25, 0.3) is 0 Å². The molecule has 5 nitrogen and oxygen atoms in total. The van der Waals surface area contributed by atoms with Gasteiger partial charge in [-0.2, -0.15) is 0 Å². The molecule has 0 aromatic heterocycles. The third-order valence-corrected chi connectivity index (χ3v) is 2.65. The largest absolute Gasteiger partial charge is 0.357 e. The molecule has 0 aromatic carbocycles. The van der Waals surface area contributed by atoms with E-state index in [0.717, 1.165) is 0 Å². The van der Waals surface area contributed by atoms with E-state index in [-0.39, 0.29) is 23.8 Å². The Bertz CT molecular complexity index is 252. The van der Waals surface area contributed by atoms with Gasteiger partial charge in [-0.05, 0) is 26.9 Å². The average Bonchev–Trinajstić information content (AvgIpc) is 2.22. The Kier molecular flexibility index (Phi) is 6.03. The maximum Gasteiger partial charge on any atom is 0.242 e. The molecule has 0 aliphatic carbocycles. The van der Waals surface area contributed by atoms with Gasteiger partial charge in [0.15, 0.2) is 0 Å². The van der Waals surface area contributed by atoms with Crippen LogP contribution in [0.2, 0.25) is 0 Å². The summed E-state index contributed by atoms with van der Waals surface area (Å²) in [5, 5.41) is 5.31. The smallest absolute Gasteiger partial charge is 0.242 e. The van der Waals surface area contributed by atoms with Gasteiger partial charge in [-0.25, -0.2) is 0 Å². The van der Waals surface area contributed by atoms with Crippen molar-refractivity contribution in [1.82, 2.24) is 15.5 Å². The minimum atomic E-state index is -0.472. The van der Waals surface area contributed by atoms with Gasteiger partial charge in [0.1, 0.15) is 6.04 Å². The highest BCUT2D eigenvalue weighted by molar-refractivity contribution is 5.89. The lowest BCUT2D eigenvalue weighted by Crippen LogP contribution is -2.53. The van der Waals surface area contributed by atoms with Crippen LogP contribution < -0.4 is 10.6 Å². The summed E-state index contributed by atoms with van der Waals surface area (Å²) in [6, 6.07) is -0.717. The lowest BCUT2D eigenvalue weighted by atomic mass is 10.0. The quantitative estimate of drug-likeness (QED) is 0.687. The van der Waals surface area contributed by atoms with Crippen LogP contribution in [0.1, 0.15) is 20.8 Å². The second-order valence-electron chi connectivity index (χ2n) is 4.48. The topological polar surface area (TPSA) is 61.4 Å². The molecule has 0 saturated carbocycles. The van der Waals surface area contributed by atoms with Crippen molar-refractivity contribution in [2.75, 3.05) is 21.1 Å². The fourth-order valence-electron chi connectivity index (χ4n) is 1.20. The van der Waals surface area contributed by atoms with Gasteiger partial charge in [-0.15, -0.1) is 0 Å². The van der Waals surface area contributed by atoms with Crippen LogP contribution in [0.25, 0.3) is 0 Å². The van der Waals surface area contributed by atoms with Gasteiger partial charge in [-0.1, -0.05) is 13.8 Å². The number of carbonyl (C=O) groups is 2. The van der Waals surface area contributed by atoms with Crippen molar-refractivity contribution in [3.8, 4) is 0 Å². The van der Waals surface area contributed by atoms with Crippen molar-refractivity contribution in [2.24, 2.45) is 5.92 Å². The zero-order chi connectivity index (χ0) is 12.9. The first-order valence-electron chi connectivity index (χ1n) is 5.49. The van der Waals surface area contributed by atoms with Crippen molar-refractivity contribution >= 4 is 11.8 Å². The molecule has 16 heavy (non-hydrogen) atoms. The molecule has 0 saturated heterocycles. The van der Waals surface area contributed by atoms with E-state index < -0.39 is 6.04 Å². The second-order valence-corrected chi connectivity index (χ2v) is 4.48.